The number of carbonyl (C=O) groups is 2. The largest absolute Gasteiger partial charge is 0.496 e. The molecule has 0 aromatic heterocycles. The van der Waals surface area contributed by atoms with Crippen molar-refractivity contribution >= 4 is 17.4 Å². The maximum atomic E-state index is 13.5. The molecule has 1 saturated heterocycles. The van der Waals surface area contributed by atoms with Crippen molar-refractivity contribution in [2.75, 3.05) is 46.0 Å². The lowest BCUT2D eigenvalue weighted by molar-refractivity contribution is -0.119. The molecule has 2 aromatic rings. The molecular weight excluding hydrogens is 484 g/mol. The van der Waals surface area contributed by atoms with Gasteiger partial charge in [-0.05, 0) is 55.5 Å². The fourth-order valence-electron chi connectivity index (χ4n) is 4.40. The molecule has 1 aliphatic heterocycles. The number of anilines is 1. The zero-order valence-electron chi connectivity index (χ0n) is 21.4. The number of Topliss-reactive ketones (excluding diaryl/α,β-unsaturated/α-hetero) is 1. The van der Waals surface area contributed by atoms with Crippen LogP contribution in [0.1, 0.15) is 48.0 Å². The molecule has 7 nitrogen and oxygen atoms in total. The number of hydrogen-bond acceptors (Lipinski definition) is 6. The van der Waals surface area contributed by atoms with Gasteiger partial charge in [-0.2, -0.15) is 0 Å². The Morgan fingerprint density at radius 2 is 1.86 bits per heavy atom. The molecule has 1 aliphatic rings. The number of ketones is 1. The molecule has 1 amide bonds. The highest BCUT2D eigenvalue weighted by Gasteiger charge is 2.20. The number of hydrogen-bond donors (Lipinski definition) is 1. The van der Waals surface area contributed by atoms with Gasteiger partial charge < -0.3 is 24.3 Å². The Labute approximate surface area is 216 Å². The molecule has 0 saturated carbocycles. The van der Waals surface area contributed by atoms with E-state index < -0.39 is 17.5 Å². The number of methoxy groups -OCH3 is 2. The van der Waals surface area contributed by atoms with E-state index in [9.17, 15) is 18.4 Å². The standard InChI is InChI=1S/C28H35F2NO6/c1-34-12-13-37-24-5-3-4-19(10-11-36-18-24)14-23(32)16-21-15-20(6-9-27(21)35-2)28(33)31-22-7-8-25(29)26(30)17-22/h6-9,15,17,19,24H,3-5,10-14,16,18H2,1-2H3,(H,31,33). The molecule has 1 fully saturated rings. The number of ether oxygens (including phenoxy) is 4. The van der Waals surface area contributed by atoms with Crippen molar-refractivity contribution in [1.29, 1.82) is 0 Å². The van der Waals surface area contributed by atoms with E-state index in [-0.39, 0.29) is 35.5 Å². The van der Waals surface area contributed by atoms with Crippen LogP contribution in [0, 0.1) is 17.6 Å². The van der Waals surface area contributed by atoms with Crippen LogP contribution in [0.2, 0.25) is 0 Å². The summed E-state index contributed by atoms with van der Waals surface area (Å²) in [6.07, 6.45) is 4.09. The lowest BCUT2D eigenvalue weighted by atomic mass is 9.90. The minimum atomic E-state index is -1.05. The van der Waals surface area contributed by atoms with Crippen LogP contribution in [0.4, 0.5) is 14.5 Å². The minimum absolute atomic E-state index is 0.0363. The Morgan fingerprint density at radius 3 is 2.62 bits per heavy atom. The molecule has 0 radical (unpaired) electrons. The Kier molecular flexibility index (Phi) is 11.4. The van der Waals surface area contributed by atoms with Crippen LogP contribution in [-0.4, -0.2) is 58.4 Å². The normalized spacial score (nSPS) is 18.4. The second kappa shape index (κ2) is 14.8. The smallest absolute Gasteiger partial charge is 0.255 e. The fraction of sp³-hybridized carbons (Fsp3) is 0.500. The van der Waals surface area contributed by atoms with E-state index in [1.807, 2.05) is 0 Å². The summed E-state index contributed by atoms with van der Waals surface area (Å²) < 4.78 is 48.7. The summed E-state index contributed by atoms with van der Waals surface area (Å²) in [6, 6.07) is 7.92. The third-order valence-corrected chi connectivity index (χ3v) is 6.38. The summed E-state index contributed by atoms with van der Waals surface area (Å²) in [5.74, 6) is -1.79. The molecule has 3 rings (SSSR count). The molecule has 1 N–H and O–H groups in total. The van der Waals surface area contributed by atoms with E-state index in [1.54, 1.807) is 25.3 Å². The predicted octanol–water partition coefficient (Wildman–Crippen LogP) is 4.97. The predicted molar refractivity (Wildman–Crippen MR) is 135 cm³/mol. The van der Waals surface area contributed by atoms with Crippen molar-refractivity contribution in [2.45, 2.75) is 44.6 Å². The van der Waals surface area contributed by atoms with Crippen LogP contribution < -0.4 is 10.1 Å². The van der Waals surface area contributed by atoms with Gasteiger partial charge in [0.05, 0.1) is 33.0 Å². The van der Waals surface area contributed by atoms with Gasteiger partial charge >= 0.3 is 0 Å². The molecule has 37 heavy (non-hydrogen) atoms. The van der Waals surface area contributed by atoms with E-state index in [0.717, 1.165) is 37.8 Å². The van der Waals surface area contributed by atoms with E-state index in [2.05, 4.69) is 5.32 Å². The van der Waals surface area contributed by atoms with Crippen molar-refractivity contribution in [3.05, 3.63) is 59.2 Å². The second-order valence-electron chi connectivity index (χ2n) is 9.18. The summed E-state index contributed by atoms with van der Waals surface area (Å²) in [5.41, 5.74) is 1.01. The SMILES string of the molecule is COCCOC1CCCC(CC(=O)Cc2cc(C(=O)Nc3ccc(F)c(F)c3)ccc2OC)CCOC1. The monoisotopic (exact) mass is 519 g/mol. The molecular formula is C28H35F2NO6. The van der Waals surface area contributed by atoms with Crippen molar-refractivity contribution in [2.24, 2.45) is 5.92 Å². The number of rotatable bonds is 11. The average Bonchev–Trinajstić information content (AvgIpc) is 2.98. The molecule has 0 bridgehead atoms. The number of amides is 1. The quantitative estimate of drug-likeness (QED) is 0.423. The average molecular weight is 520 g/mol. The maximum absolute atomic E-state index is 13.5. The number of benzene rings is 2. The first-order chi connectivity index (χ1) is 17.9. The van der Waals surface area contributed by atoms with Crippen LogP contribution in [0.5, 0.6) is 5.75 Å². The Morgan fingerprint density at radius 1 is 1.03 bits per heavy atom. The highest BCUT2D eigenvalue weighted by molar-refractivity contribution is 6.04. The minimum Gasteiger partial charge on any atom is -0.496 e. The van der Waals surface area contributed by atoms with Crippen LogP contribution in [0.3, 0.4) is 0 Å². The molecule has 202 valence electrons. The van der Waals surface area contributed by atoms with E-state index >= 15 is 0 Å². The van der Waals surface area contributed by atoms with E-state index in [0.29, 0.717) is 44.2 Å². The first-order valence-corrected chi connectivity index (χ1v) is 12.5. The van der Waals surface area contributed by atoms with Crippen molar-refractivity contribution in [1.82, 2.24) is 0 Å². The van der Waals surface area contributed by atoms with Gasteiger partial charge in [0.15, 0.2) is 11.6 Å². The molecule has 0 aliphatic carbocycles. The molecule has 2 aromatic carbocycles. The van der Waals surface area contributed by atoms with Gasteiger partial charge in [-0.25, -0.2) is 8.78 Å². The van der Waals surface area contributed by atoms with Gasteiger partial charge in [-0.15, -0.1) is 0 Å². The van der Waals surface area contributed by atoms with E-state index in [1.165, 1.54) is 13.2 Å². The highest BCUT2D eigenvalue weighted by atomic mass is 19.2. The van der Waals surface area contributed by atoms with Gasteiger partial charge in [0, 0.05) is 49.4 Å². The number of halogens is 2. The van der Waals surface area contributed by atoms with Crippen molar-refractivity contribution < 1.29 is 37.3 Å². The molecule has 9 heteroatoms. The number of nitrogens with one attached hydrogen (secondary N) is 1. The molecule has 2 atom stereocenters. The first-order valence-electron chi connectivity index (χ1n) is 12.5. The zero-order chi connectivity index (χ0) is 26.6. The van der Waals surface area contributed by atoms with Crippen molar-refractivity contribution in [3.63, 3.8) is 0 Å². The van der Waals surface area contributed by atoms with Crippen LogP contribution in [0.15, 0.2) is 36.4 Å². The van der Waals surface area contributed by atoms with Crippen LogP contribution in [0.25, 0.3) is 0 Å². The van der Waals surface area contributed by atoms with Gasteiger partial charge in [0.2, 0.25) is 0 Å². The van der Waals surface area contributed by atoms with Gasteiger partial charge in [0.1, 0.15) is 11.5 Å². The van der Waals surface area contributed by atoms with Crippen LogP contribution in [-0.2, 0) is 25.4 Å². The summed E-state index contributed by atoms with van der Waals surface area (Å²) in [5, 5.41) is 2.55. The van der Waals surface area contributed by atoms with E-state index in [4.69, 9.17) is 18.9 Å². The fourth-order valence-corrected chi connectivity index (χ4v) is 4.40. The van der Waals surface area contributed by atoms with Crippen molar-refractivity contribution in [3.8, 4) is 5.75 Å². The third-order valence-electron chi connectivity index (χ3n) is 6.38. The summed E-state index contributed by atoms with van der Waals surface area (Å²) in [6.45, 7) is 2.20. The number of carbonyl (C=O) groups excluding carboxylic acids is 2. The highest BCUT2D eigenvalue weighted by Crippen LogP contribution is 2.26. The lowest BCUT2D eigenvalue weighted by Crippen LogP contribution is -2.21. The molecule has 0 spiro atoms. The maximum Gasteiger partial charge on any atom is 0.255 e. The van der Waals surface area contributed by atoms with Gasteiger partial charge in [-0.1, -0.05) is 6.42 Å². The Bertz CT molecular complexity index is 1050. The van der Waals surface area contributed by atoms with Gasteiger partial charge in [-0.3, -0.25) is 9.59 Å². The third kappa shape index (κ3) is 9.18. The lowest BCUT2D eigenvalue weighted by Gasteiger charge is -2.17. The Balaban J connectivity index is 1.58. The Hall–Kier alpha value is -2.88. The summed E-state index contributed by atoms with van der Waals surface area (Å²) in [4.78, 5) is 25.7. The molecule has 1 heterocycles. The van der Waals surface area contributed by atoms with Crippen LogP contribution >= 0.6 is 0 Å². The first kappa shape index (κ1) is 28.7. The van der Waals surface area contributed by atoms with Gasteiger partial charge in [0.25, 0.3) is 5.91 Å². The summed E-state index contributed by atoms with van der Waals surface area (Å²) in [7, 11) is 3.15. The zero-order valence-corrected chi connectivity index (χ0v) is 21.4. The second-order valence-corrected chi connectivity index (χ2v) is 9.18. The summed E-state index contributed by atoms with van der Waals surface area (Å²) >= 11 is 0. The topological polar surface area (TPSA) is 83.1 Å². The molecule has 2 unspecified atom stereocenters.